The van der Waals surface area contributed by atoms with E-state index in [-0.39, 0.29) is 28.8 Å². The number of benzene rings is 1. The van der Waals surface area contributed by atoms with Crippen LogP contribution in [0.2, 0.25) is 0 Å². The number of ether oxygens (including phenoxy) is 1. The van der Waals surface area contributed by atoms with E-state index in [0.717, 1.165) is 30.4 Å². The molecule has 1 fully saturated rings. The molecule has 2 aliphatic carbocycles. The third-order valence-electron chi connectivity index (χ3n) is 5.65. The Bertz CT molecular complexity index is 663. The van der Waals surface area contributed by atoms with Crippen LogP contribution in [0.15, 0.2) is 18.2 Å². The van der Waals surface area contributed by atoms with Crippen LogP contribution in [0.4, 0.5) is 0 Å². The first kappa shape index (κ1) is 14.9. The quantitative estimate of drug-likeness (QED) is 0.616. The molecule has 0 unspecified atom stereocenters. The molecule has 2 aliphatic rings. The molecular formula is C18H22O4. The van der Waals surface area contributed by atoms with E-state index in [1.54, 1.807) is 12.1 Å². The molecule has 118 valence electrons. The highest BCUT2D eigenvalue weighted by atomic mass is 16.5. The van der Waals surface area contributed by atoms with E-state index < -0.39 is 5.41 Å². The van der Waals surface area contributed by atoms with Gasteiger partial charge < -0.3 is 14.9 Å². The Morgan fingerprint density at radius 3 is 2.59 bits per heavy atom. The van der Waals surface area contributed by atoms with Crippen LogP contribution in [0.3, 0.4) is 0 Å². The minimum absolute atomic E-state index is 0.0117. The van der Waals surface area contributed by atoms with Crippen LogP contribution in [0.1, 0.15) is 44.2 Å². The summed E-state index contributed by atoms with van der Waals surface area (Å²) in [5.74, 6) is -0.395. The Morgan fingerprint density at radius 1 is 1.23 bits per heavy atom. The molecule has 2 N–H and O–H groups in total. The second-order valence-electron chi connectivity index (χ2n) is 6.95. The van der Waals surface area contributed by atoms with Gasteiger partial charge in [-0.05, 0) is 43.0 Å². The highest BCUT2D eigenvalue weighted by Crippen LogP contribution is 2.57. The summed E-state index contributed by atoms with van der Waals surface area (Å²) >= 11 is 0. The van der Waals surface area contributed by atoms with Crippen molar-refractivity contribution < 1.29 is 19.7 Å². The molecule has 0 saturated heterocycles. The Kier molecular flexibility index (Phi) is 3.24. The van der Waals surface area contributed by atoms with Crippen molar-refractivity contribution in [2.24, 2.45) is 11.3 Å². The Labute approximate surface area is 130 Å². The van der Waals surface area contributed by atoms with E-state index in [4.69, 9.17) is 4.74 Å². The monoisotopic (exact) mass is 302 g/mol. The number of carbonyl (C=O) groups is 1. The number of methoxy groups -OCH3 is 1. The van der Waals surface area contributed by atoms with Crippen molar-refractivity contribution in [1.29, 1.82) is 0 Å². The van der Waals surface area contributed by atoms with Crippen LogP contribution >= 0.6 is 0 Å². The van der Waals surface area contributed by atoms with Crippen LogP contribution in [-0.2, 0) is 14.9 Å². The topological polar surface area (TPSA) is 66.8 Å². The third kappa shape index (κ3) is 1.86. The first-order valence-corrected chi connectivity index (χ1v) is 7.66. The molecule has 1 aromatic carbocycles. The van der Waals surface area contributed by atoms with Crippen molar-refractivity contribution in [2.45, 2.75) is 38.5 Å². The largest absolute Gasteiger partial charge is 0.504 e. The predicted octanol–water partition coefficient (Wildman–Crippen LogP) is 3.36. The molecule has 1 saturated carbocycles. The summed E-state index contributed by atoms with van der Waals surface area (Å²) in [6, 6.07) is 3.23. The summed E-state index contributed by atoms with van der Waals surface area (Å²) in [6.45, 7) is 4.10. The van der Waals surface area contributed by atoms with Gasteiger partial charge in [0.1, 0.15) is 0 Å². The van der Waals surface area contributed by atoms with Crippen LogP contribution < -0.4 is 0 Å². The summed E-state index contributed by atoms with van der Waals surface area (Å²) in [5.41, 5.74) is 1.08. The predicted molar refractivity (Wildman–Crippen MR) is 83.6 cm³/mol. The zero-order valence-electron chi connectivity index (χ0n) is 13.2. The highest BCUT2D eigenvalue weighted by molar-refractivity contribution is 5.79. The van der Waals surface area contributed by atoms with E-state index in [1.807, 2.05) is 13.0 Å². The van der Waals surface area contributed by atoms with Gasteiger partial charge in [-0.1, -0.05) is 25.5 Å². The van der Waals surface area contributed by atoms with Crippen molar-refractivity contribution in [2.75, 3.05) is 7.11 Å². The maximum Gasteiger partial charge on any atom is 0.312 e. The lowest BCUT2D eigenvalue weighted by molar-refractivity contribution is -0.158. The van der Waals surface area contributed by atoms with Gasteiger partial charge in [-0.25, -0.2) is 0 Å². The Hall–Kier alpha value is -1.97. The lowest BCUT2D eigenvalue weighted by Gasteiger charge is -2.51. The van der Waals surface area contributed by atoms with E-state index >= 15 is 0 Å². The number of allylic oxidation sites excluding steroid dienone is 1. The fourth-order valence-electron chi connectivity index (χ4n) is 4.45. The standard InChI is InChI=1S/C18H22O4/c1-17-7-4-8-18(2,16(21)22-3)15(17)6-5-11-9-13(19)14(20)10-12(11)17/h5-6,9-10,15,19-20H,4,7-8H2,1-3H3/t15-,17-,18+/m1/s1. The van der Waals surface area contributed by atoms with Crippen molar-refractivity contribution >= 4 is 12.0 Å². The summed E-state index contributed by atoms with van der Waals surface area (Å²) in [4.78, 5) is 12.4. The van der Waals surface area contributed by atoms with E-state index in [1.165, 1.54) is 7.11 Å². The maximum atomic E-state index is 12.4. The second-order valence-corrected chi connectivity index (χ2v) is 6.95. The van der Waals surface area contributed by atoms with Crippen LogP contribution in [0.5, 0.6) is 11.5 Å². The molecule has 0 spiro atoms. The van der Waals surface area contributed by atoms with E-state index in [2.05, 4.69) is 13.0 Å². The average Bonchev–Trinajstić information content (AvgIpc) is 2.48. The van der Waals surface area contributed by atoms with Gasteiger partial charge in [0.15, 0.2) is 11.5 Å². The van der Waals surface area contributed by atoms with Gasteiger partial charge in [-0.3, -0.25) is 4.79 Å². The first-order valence-electron chi connectivity index (χ1n) is 7.66. The molecule has 22 heavy (non-hydrogen) atoms. The van der Waals surface area contributed by atoms with Gasteiger partial charge in [0.2, 0.25) is 0 Å². The number of rotatable bonds is 1. The number of phenols is 2. The Morgan fingerprint density at radius 2 is 1.91 bits per heavy atom. The van der Waals surface area contributed by atoms with Gasteiger partial charge in [-0.2, -0.15) is 0 Å². The smallest absolute Gasteiger partial charge is 0.312 e. The number of fused-ring (bicyclic) bond motifs is 3. The summed E-state index contributed by atoms with van der Waals surface area (Å²) in [6.07, 6.45) is 6.66. The normalized spacial score (nSPS) is 33.0. The number of phenolic OH excluding ortho intramolecular Hbond substituents is 2. The SMILES string of the molecule is COC(=O)[C@@]1(C)CCC[C@]2(C)c3cc(O)c(O)cc3C=C[C@@H]12. The second kappa shape index (κ2) is 4.77. The summed E-state index contributed by atoms with van der Waals surface area (Å²) < 4.78 is 5.06. The molecule has 0 aliphatic heterocycles. The van der Waals surface area contributed by atoms with Crippen molar-refractivity contribution in [1.82, 2.24) is 0 Å². The maximum absolute atomic E-state index is 12.4. The van der Waals surface area contributed by atoms with E-state index in [0.29, 0.717) is 0 Å². The van der Waals surface area contributed by atoms with Crippen molar-refractivity contribution in [3.05, 3.63) is 29.3 Å². The van der Waals surface area contributed by atoms with Gasteiger partial charge >= 0.3 is 5.97 Å². The number of esters is 1. The summed E-state index contributed by atoms with van der Waals surface area (Å²) in [7, 11) is 1.43. The van der Waals surface area contributed by atoms with Crippen LogP contribution in [-0.4, -0.2) is 23.3 Å². The number of hydrogen-bond acceptors (Lipinski definition) is 4. The molecule has 0 heterocycles. The third-order valence-corrected chi connectivity index (χ3v) is 5.65. The van der Waals surface area contributed by atoms with Gasteiger partial charge in [0.05, 0.1) is 12.5 Å². The van der Waals surface area contributed by atoms with Crippen LogP contribution in [0.25, 0.3) is 6.08 Å². The number of aromatic hydroxyl groups is 2. The number of hydrogen-bond donors (Lipinski definition) is 2. The van der Waals surface area contributed by atoms with Gasteiger partial charge in [0.25, 0.3) is 0 Å². The van der Waals surface area contributed by atoms with Gasteiger partial charge in [0, 0.05) is 11.3 Å². The molecule has 1 aromatic rings. The molecule has 4 nitrogen and oxygen atoms in total. The average molecular weight is 302 g/mol. The zero-order valence-corrected chi connectivity index (χ0v) is 13.2. The molecule has 0 radical (unpaired) electrons. The zero-order chi connectivity index (χ0) is 16.1. The fourth-order valence-corrected chi connectivity index (χ4v) is 4.45. The molecule has 0 amide bonds. The lowest BCUT2D eigenvalue weighted by Crippen LogP contribution is -2.50. The van der Waals surface area contributed by atoms with Crippen molar-refractivity contribution in [3.8, 4) is 11.5 Å². The van der Waals surface area contributed by atoms with Crippen molar-refractivity contribution in [3.63, 3.8) is 0 Å². The van der Waals surface area contributed by atoms with Crippen LogP contribution in [0, 0.1) is 11.3 Å². The minimum atomic E-state index is -0.566. The molecule has 4 heteroatoms. The molecular weight excluding hydrogens is 280 g/mol. The molecule has 3 atom stereocenters. The minimum Gasteiger partial charge on any atom is -0.504 e. The summed E-state index contributed by atoms with van der Waals surface area (Å²) in [5, 5.41) is 19.6. The lowest BCUT2D eigenvalue weighted by atomic mass is 9.51. The number of carbonyl (C=O) groups excluding carboxylic acids is 1. The Balaban J connectivity index is 2.16. The van der Waals surface area contributed by atoms with E-state index in [9.17, 15) is 15.0 Å². The molecule has 0 aromatic heterocycles. The highest BCUT2D eigenvalue weighted by Gasteiger charge is 2.54. The fraction of sp³-hybridized carbons (Fsp3) is 0.500. The molecule has 3 rings (SSSR count). The first-order chi connectivity index (χ1) is 10.3. The molecule has 0 bridgehead atoms. The van der Waals surface area contributed by atoms with Gasteiger partial charge in [-0.15, -0.1) is 0 Å².